The number of halogens is 1. The van der Waals surface area contributed by atoms with Gasteiger partial charge in [0.25, 0.3) is 0 Å². The number of aryl methyl sites for hydroxylation is 1. The van der Waals surface area contributed by atoms with Gasteiger partial charge in [0.15, 0.2) is 0 Å². The van der Waals surface area contributed by atoms with E-state index < -0.39 is 5.97 Å². The lowest BCUT2D eigenvalue weighted by atomic mass is 10.1. The van der Waals surface area contributed by atoms with Gasteiger partial charge in [-0.05, 0) is 46.4 Å². The van der Waals surface area contributed by atoms with Gasteiger partial charge in [-0.2, -0.15) is 0 Å². The number of carbonyl (C=O) groups is 1. The topological polar surface area (TPSA) is 49.3 Å². The Balaban J connectivity index is 2.19. The van der Waals surface area contributed by atoms with E-state index >= 15 is 0 Å². The van der Waals surface area contributed by atoms with Crippen molar-refractivity contribution in [3.8, 4) is 0 Å². The summed E-state index contributed by atoms with van der Waals surface area (Å²) in [7, 11) is 0. The lowest BCUT2D eigenvalue weighted by molar-refractivity contribution is 0.0698. The van der Waals surface area contributed by atoms with Crippen molar-refractivity contribution in [2.75, 3.05) is 5.32 Å². The Hall–Kier alpha value is -1.33. The molecule has 0 saturated heterocycles. The third-order valence-electron chi connectivity index (χ3n) is 2.54. The fraction of sp³-hybridized carbons (Fsp3) is 0.154. The summed E-state index contributed by atoms with van der Waals surface area (Å²) in [5.74, 6) is -0.911. The molecule has 0 radical (unpaired) electrons. The Morgan fingerprint density at radius 2 is 2.22 bits per heavy atom. The molecule has 18 heavy (non-hydrogen) atoms. The fourth-order valence-electron chi connectivity index (χ4n) is 1.62. The zero-order valence-corrected chi connectivity index (χ0v) is 12.1. The molecular weight excluding hydrogens is 314 g/mol. The summed E-state index contributed by atoms with van der Waals surface area (Å²) in [6.07, 6.45) is 0. The van der Waals surface area contributed by atoms with Crippen LogP contribution in [-0.4, -0.2) is 11.1 Å². The highest BCUT2D eigenvalue weighted by Crippen LogP contribution is 2.25. The van der Waals surface area contributed by atoms with Crippen molar-refractivity contribution >= 4 is 38.9 Å². The summed E-state index contributed by atoms with van der Waals surface area (Å²) >= 11 is 5.08. The maximum atomic E-state index is 11.2. The van der Waals surface area contributed by atoms with Crippen LogP contribution in [0.5, 0.6) is 0 Å². The van der Waals surface area contributed by atoms with Crippen molar-refractivity contribution in [3.05, 3.63) is 50.1 Å². The first-order valence-corrected chi connectivity index (χ1v) is 7.05. The molecular formula is C13H12BrNO2S. The van der Waals surface area contributed by atoms with Crippen LogP contribution >= 0.6 is 27.3 Å². The Morgan fingerprint density at radius 3 is 2.83 bits per heavy atom. The SMILES string of the molecule is Cc1ccc(NCc2sccc2Br)c(C(=O)O)c1. The second-order valence-corrected chi connectivity index (χ2v) is 5.75. The minimum Gasteiger partial charge on any atom is -0.478 e. The minimum atomic E-state index is -0.911. The smallest absolute Gasteiger partial charge is 0.337 e. The van der Waals surface area contributed by atoms with E-state index in [-0.39, 0.29) is 0 Å². The second kappa shape index (κ2) is 5.54. The zero-order valence-electron chi connectivity index (χ0n) is 9.74. The highest BCUT2D eigenvalue weighted by atomic mass is 79.9. The lowest BCUT2D eigenvalue weighted by Crippen LogP contribution is -2.06. The minimum absolute atomic E-state index is 0.308. The molecule has 2 aromatic rings. The first-order valence-electron chi connectivity index (χ1n) is 5.37. The van der Waals surface area contributed by atoms with Crippen molar-refractivity contribution in [2.24, 2.45) is 0 Å². The van der Waals surface area contributed by atoms with Crippen LogP contribution in [0.15, 0.2) is 34.1 Å². The van der Waals surface area contributed by atoms with Gasteiger partial charge < -0.3 is 10.4 Å². The summed E-state index contributed by atoms with van der Waals surface area (Å²) in [6, 6.07) is 7.36. The predicted octanol–water partition coefficient (Wildman–Crippen LogP) is 4.13. The molecule has 3 nitrogen and oxygen atoms in total. The fourth-order valence-corrected chi connectivity index (χ4v) is 3.05. The van der Waals surface area contributed by atoms with Gasteiger partial charge in [-0.25, -0.2) is 4.79 Å². The van der Waals surface area contributed by atoms with E-state index in [1.165, 1.54) is 0 Å². The molecule has 0 aliphatic rings. The van der Waals surface area contributed by atoms with Crippen molar-refractivity contribution < 1.29 is 9.90 Å². The normalized spacial score (nSPS) is 10.3. The molecule has 0 atom stereocenters. The largest absolute Gasteiger partial charge is 0.478 e. The first-order chi connectivity index (χ1) is 8.58. The number of carboxylic acid groups (broad SMARTS) is 1. The van der Waals surface area contributed by atoms with Crippen molar-refractivity contribution in [3.63, 3.8) is 0 Å². The molecule has 2 rings (SSSR count). The van der Waals surface area contributed by atoms with Crippen LogP contribution in [0.1, 0.15) is 20.8 Å². The number of rotatable bonds is 4. The summed E-state index contributed by atoms with van der Waals surface area (Å²) in [5, 5.41) is 14.3. The van der Waals surface area contributed by atoms with E-state index in [9.17, 15) is 4.79 Å². The molecule has 5 heteroatoms. The van der Waals surface area contributed by atoms with Gasteiger partial charge in [-0.1, -0.05) is 11.6 Å². The van der Waals surface area contributed by atoms with Gasteiger partial charge in [-0.15, -0.1) is 11.3 Å². The molecule has 0 saturated carbocycles. The summed E-state index contributed by atoms with van der Waals surface area (Å²) in [4.78, 5) is 12.3. The average Bonchev–Trinajstić information content (AvgIpc) is 2.73. The van der Waals surface area contributed by atoms with Crippen molar-refractivity contribution in [2.45, 2.75) is 13.5 Å². The summed E-state index contributed by atoms with van der Waals surface area (Å²) in [5.41, 5.74) is 1.89. The Bertz CT molecular complexity index is 580. The predicted molar refractivity (Wildman–Crippen MR) is 77.5 cm³/mol. The number of carboxylic acids is 1. The van der Waals surface area contributed by atoms with E-state index in [0.717, 1.165) is 14.9 Å². The van der Waals surface area contributed by atoms with Crippen LogP contribution in [0.2, 0.25) is 0 Å². The number of aromatic carboxylic acids is 1. The van der Waals surface area contributed by atoms with E-state index in [2.05, 4.69) is 21.2 Å². The molecule has 0 aliphatic heterocycles. The molecule has 2 N–H and O–H groups in total. The standard InChI is InChI=1S/C13H12BrNO2S/c1-8-2-3-11(9(6-8)13(16)17)15-7-12-10(14)4-5-18-12/h2-6,15H,7H2,1H3,(H,16,17). The molecule has 0 fully saturated rings. The number of thiophene rings is 1. The number of benzene rings is 1. The molecule has 0 bridgehead atoms. The van der Waals surface area contributed by atoms with Crippen LogP contribution in [0.25, 0.3) is 0 Å². The number of hydrogen-bond acceptors (Lipinski definition) is 3. The highest BCUT2D eigenvalue weighted by Gasteiger charge is 2.10. The van der Waals surface area contributed by atoms with Crippen LogP contribution in [0.3, 0.4) is 0 Å². The Morgan fingerprint density at radius 1 is 1.44 bits per heavy atom. The molecule has 1 aromatic heterocycles. The number of nitrogens with one attached hydrogen (secondary N) is 1. The maximum Gasteiger partial charge on any atom is 0.337 e. The Labute approximate surface area is 118 Å². The monoisotopic (exact) mass is 325 g/mol. The molecule has 0 spiro atoms. The molecule has 0 aliphatic carbocycles. The molecule has 0 amide bonds. The van der Waals surface area contributed by atoms with E-state index in [1.807, 2.05) is 24.4 Å². The summed E-state index contributed by atoms with van der Waals surface area (Å²) in [6.45, 7) is 2.49. The third-order valence-corrected chi connectivity index (χ3v) is 4.46. The molecule has 1 aromatic carbocycles. The number of hydrogen-bond donors (Lipinski definition) is 2. The van der Waals surface area contributed by atoms with Crippen LogP contribution in [0, 0.1) is 6.92 Å². The van der Waals surface area contributed by atoms with E-state index in [4.69, 9.17) is 5.11 Å². The molecule has 1 heterocycles. The lowest BCUT2D eigenvalue weighted by Gasteiger charge is -2.09. The maximum absolute atomic E-state index is 11.2. The zero-order chi connectivity index (χ0) is 13.1. The third kappa shape index (κ3) is 2.91. The Kier molecular flexibility index (Phi) is 4.04. The van der Waals surface area contributed by atoms with Crippen LogP contribution in [-0.2, 0) is 6.54 Å². The molecule has 94 valence electrons. The van der Waals surface area contributed by atoms with E-state index in [1.54, 1.807) is 23.5 Å². The quantitative estimate of drug-likeness (QED) is 0.888. The molecule has 0 unspecified atom stereocenters. The first kappa shape index (κ1) is 13.1. The van der Waals surface area contributed by atoms with Gasteiger partial charge in [0.2, 0.25) is 0 Å². The second-order valence-electron chi connectivity index (χ2n) is 3.90. The van der Waals surface area contributed by atoms with Gasteiger partial charge in [-0.3, -0.25) is 0 Å². The highest BCUT2D eigenvalue weighted by molar-refractivity contribution is 9.10. The average molecular weight is 326 g/mol. The van der Waals surface area contributed by atoms with Crippen molar-refractivity contribution in [1.29, 1.82) is 0 Å². The van der Waals surface area contributed by atoms with Crippen LogP contribution in [0.4, 0.5) is 5.69 Å². The van der Waals surface area contributed by atoms with Gasteiger partial charge in [0.1, 0.15) is 0 Å². The summed E-state index contributed by atoms with van der Waals surface area (Å²) < 4.78 is 1.05. The van der Waals surface area contributed by atoms with E-state index in [0.29, 0.717) is 17.8 Å². The van der Waals surface area contributed by atoms with Crippen molar-refractivity contribution in [1.82, 2.24) is 0 Å². The van der Waals surface area contributed by atoms with Gasteiger partial charge in [0.05, 0.1) is 12.1 Å². The van der Waals surface area contributed by atoms with Gasteiger partial charge >= 0.3 is 5.97 Å². The van der Waals surface area contributed by atoms with Gasteiger partial charge in [0, 0.05) is 15.0 Å². The van der Waals surface area contributed by atoms with Crippen LogP contribution < -0.4 is 5.32 Å². The number of anilines is 1.